The highest BCUT2D eigenvalue weighted by atomic mass is 31.2. The number of aromatic amines is 1. The molecule has 1 aliphatic carbocycles. The number of benzene rings is 2. The number of hydrogen-bond acceptors (Lipinski definition) is 8. The van der Waals surface area contributed by atoms with E-state index in [0.29, 0.717) is 11.6 Å². The van der Waals surface area contributed by atoms with E-state index in [1.807, 2.05) is 23.2 Å². The van der Waals surface area contributed by atoms with Gasteiger partial charge in [-0.3, -0.25) is 23.7 Å². The van der Waals surface area contributed by atoms with E-state index >= 15 is 0 Å². The Kier molecular flexibility index (Phi) is 6.74. The zero-order valence-electron chi connectivity index (χ0n) is 20.1. The predicted octanol–water partition coefficient (Wildman–Crippen LogP) is 2.28. The molecule has 0 radical (unpaired) electrons. The minimum atomic E-state index is -4.41. The van der Waals surface area contributed by atoms with Crippen molar-refractivity contribution in [3.05, 3.63) is 75.3 Å². The molecule has 1 saturated carbocycles. The van der Waals surface area contributed by atoms with Crippen molar-refractivity contribution < 1.29 is 37.7 Å². The Morgan fingerprint density at radius 1 is 1.26 bits per heavy atom. The molecule has 2 heterocycles. The molecule has 1 aliphatic heterocycles. The Morgan fingerprint density at radius 2 is 1.97 bits per heavy atom. The zero-order valence-corrected chi connectivity index (χ0v) is 21.0. The fraction of sp³-hybridized carbons (Fsp3) is 0.375. The van der Waals surface area contributed by atoms with Gasteiger partial charge in [0.15, 0.2) is 0 Å². The standard InChI is InChI=1S/C24H25FN3O9P/c1-13(22(31)32)27-38(34,36-18-8-4-6-14-5-2-3-7-15(14)18)37-24(9-10-24)20-17(29)11-19(35-20)28-12-16(25)21(30)26-23(28)33/h2-8,12-13,17,19-20,29H,9-11H2,1H3,(H,27,34)(H,31,32)(H,26,30,33)/t13-,17-,19+,20-,38+/m0/s1. The highest BCUT2D eigenvalue weighted by Crippen LogP contribution is 2.60. The maximum atomic E-state index is 14.0. The van der Waals surface area contributed by atoms with Crippen LogP contribution in [0.5, 0.6) is 5.75 Å². The SMILES string of the molecule is C[C@H](N[P@@](=O)(Oc1cccc2ccccc12)OC1([C@H]2O[C@@H](n3cc(F)c(=O)[nH]c3=O)C[C@@H]2O)CC1)C(=O)O. The number of aliphatic hydroxyl groups is 1. The van der Waals surface area contributed by atoms with Crippen LogP contribution in [0.25, 0.3) is 10.8 Å². The molecule has 0 spiro atoms. The van der Waals surface area contributed by atoms with Crippen LogP contribution >= 0.6 is 7.75 Å². The van der Waals surface area contributed by atoms with E-state index in [1.165, 1.54) is 6.92 Å². The molecule has 1 saturated heterocycles. The first-order valence-corrected chi connectivity index (χ1v) is 13.4. The van der Waals surface area contributed by atoms with Crippen molar-refractivity contribution in [2.75, 3.05) is 0 Å². The number of rotatable bonds is 9. The number of carboxylic acid groups (broad SMARTS) is 1. The zero-order chi connectivity index (χ0) is 27.2. The van der Waals surface area contributed by atoms with E-state index in [4.69, 9.17) is 13.8 Å². The average molecular weight is 549 g/mol. The number of H-pyrrole nitrogens is 1. The third kappa shape index (κ3) is 5.03. The van der Waals surface area contributed by atoms with Crippen molar-refractivity contribution in [1.82, 2.24) is 14.6 Å². The van der Waals surface area contributed by atoms with Gasteiger partial charge in [0.25, 0.3) is 5.56 Å². The molecule has 0 bridgehead atoms. The number of carbonyl (C=O) groups is 1. The number of nitrogens with zero attached hydrogens (tertiary/aromatic N) is 1. The monoisotopic (exact) mass is 549 g/mol. The van der Waals surface area contributed by atoms with Crippen LogP contribution in [0.3, 0.4) is 0 Å². The summed E-state index contributed by atoms with van der Waals surface area (Å²) < 4.78 is 46.4. The highest BCUT2D eigenvalue weighted by Gasteiger charge is 2.61. The number of halogens is 1. The molecule has 1 aromatic heterocycles. The van der Waals surface area contributed by atoms with Crippen LogP contribution in [0.4, 0.5) is 4.39 Å². The minimum Gasteiger partial charge on any atom is -0.480 e. The molecule has 0 amide bonds. The number of hydrogen-bond donors (Lipinski definition) is 4. The van der Waals surface area contributed by atoms with E-state index < -0.39 is 60.9 Å². The van der Waals surface area contributed by atoms with Gasteiger partial charge >= 0.3 is 19.4 Å². The van der Waals surface area contributed by atoms with Gasteiger partial charge in [-0.2, -0.15) is 9.48 Å². The Bertz CT molecular complexity index is 1550. The fourth-order valence-corrected chi connectivity index (χ4v) is 6.44. The van der Waals surface area contributed by atoms with Crippen molar-refractivity contribution in [2.45, 2.75) is 56.3 Å². The summed E-state index contributed by atoms with van der Waals surface area (Å²) in [6.07, 6.45) is -2.36. The molecule has 14 heteroatoms. The van der Waals surface area contributed by atoms with Crippen molar-refractivity contribution in [1.29, 1.82) is 0 Å². The summed E-state index contributed by atoms with van der Waals surface area (Å²) in [5.41, 5.74) is -3.46. The smallest absolute Gasteiger partial charge is 0.460 e. The lowest BCUT2D eigenvalue weighted by Gasteiger charge is -2.31. The minimum absolute atomic E-state index is 0.144. The molecule has 3 aromatic rings. The molecule has 5 rings (SSSR count). The first-order valence-electron chi connectivity index (χ1n) is 11.8. The number of aliphatic hydroxyl groups excluding tert-OH is 1. The van der Waals surface area contributed by atoms with E-state index in [-0.39, 0.29) is 25.0 Å². The molecule has 12 nitrogen and oxygen atoms in total. The lowest BCUT2D eigenvalue weighted by Crippen LogP contribution is -2.41. The predicted molar refractivity (Wildman–Crippen MR) is 131 cm³/mol. The van der Waals surface area contributed by atoms with Crippen LogP contribution in [-0.2, 0) is 18.6 Å². The summed E-state index contributed by atoms with van der Waals surface area (Å²) in [5, 5.41) is 24.1. The van der Waals surface area contributed by atoms with Gasteiger partial charge in [-0.1, -0.05) is 36.4 Å². The number of ether oxygens (including phenoxy) is 1. The van der Waals surface area contributed by atoms with Gasteiger partial charge in [-0.15, -0.1) is 0 Å². The normalized spacial score (nSPS) is 24.6. The topological polar surface area (TPSA) is 169 Å². The van der Waals surface area contributed by atoms with Crippen LogP contribution in [0, 0.1) is 5.82 Å². The van der Waals surface area contributed by atoms with Crippen LogP contribution in [0.15, 0.2) is 58.3 Å². The number of fused-ring (bicyclic) bond motifs is 1. The first-order chi connectivity index (χ1) is 18.0. The second-order valence-electron chi connectivity index (χ2n) is 9.37. The maximum Gasteiger partial charge on any atom is 0.460 e. The molecule has 0 unspecified atom stereocenters. The summed E-state index contributed by atoms with van der Waals surface area (Å²) in [5.74, 6) is -2.31. The second-order valence-corrected chi connectivity index (χ2v) is 11.0. The Balaban J connectivity index is 1.44. The summed E-state index contributed by atoms with van der Waals surface area (Å²) in [4.78, 5) is 37.0. The summed E-state index contributed by atoms with van der Waals surface area (Å²) in [6.45, 7) is 1.28. The van der Waals surface area contributed by atoms with Crippen molar-refractivity contribution in [3.8, 4) is 5.75 Å². The Hall–Kier alpha value is -3.35. The van der Waals surface area contributed by atoms with Crippen LogP contribution in [-0.4, -0.2) is 49.6 Å². The third-order valence-electron chi connectivity index (χ3n) is 6.58. The van der Waals surface area contributed by atoms with Gasteiger partial charge in [0.2, 0.25) is 5.82 Å². The lowest BCUT2D eigenvalue weighted by molar-refractivity contribution is -0.138. The molecule has 2 aliphatic rings. The van der Waals surface area contributed by atoms with Crippen molar-refractivity contribution in [3.63, 3.8) is 0 Å². The van der Waals surface area contributed by atoms with E-state index in [0.717, 1.165) is 9.95 Å². The fourth-order valence-electron chi connectivity index (χ4n) is 4.53. The number of aromatic nitrogens is 2. The van der Waals surface area contributed by atoms with Gasteiger partial charge in [-0.25, -0.2) is 9.36 Å². The quantitative estimate of drug-likeness (QED) is 0.291. The van der Waals surface area contributed by atoms with Crippen molar-refractivity contribution in [2.24, 2.45) is 0 Å². The summed E-state index contributed by atoms with van der Waals surface area (Å²) in [7, 11) is -4.41. The molecule has 38 heavy (non-hydrogen) atoms. The van der Waals surface area contributed by atoms with Crippen LogP contribution < -0.4 is 20.9 Å². The third-order valence-corrected chi connectivity index (χ3v) is 8.33. The van der Waals surface area contributed by atoms with Gasteiger partial charge in [0, 0.05) is 11.8 Å². The molecule has 5 atom stereocenters. The molecular formula is C24H25FN3O9P. The summed E-state index contributed by atoms with van der Waals surface area (Å²) in [6, 6.07) is 10.9. The van der Waals surface area contributed by atoms with E-state index in [2.05, 4.69) is 5.09 Å². The average Bonchev–Trinajstić information content (AvgIpc) is 3.52. The Morgan fingerprint density at radius 3 is 2.68 bits per heavy atom. The molecular weight excluding hydrogens is 524 g/mol. The summed E-state index contributed by atoms with van der Waals surface area (Å²) >= 11 is 0. The first kappa shape index (κ1) is 26.3. The molecule has 4 N–H and O–H groups in total. The van der Waals surface area contributed by atoms with Gasteiger partial charge < -0.3 is 19.5 Å². The Labute approximate surface area is 214 Å². The van der Waals surface area contributed by atoms with E-state index in [9.17, 15) is 33.6 Å². The van der Waals surface area contributed by atoms with Gasteiger partial charge in [-0.05, 0) is 31.2 Å². The van der Waals surface area contributed by atoms with E-state index in [1.54, 1.807) is 24.3 Å². The van der Waals surface area contributed by atoms with Crippen LogP contribution in [0.1, 0.15) is 32.4 Å². The van der Waals surface area contributed by atoms with Crippen molar-refractivity contribution >= 4 is 24.5 Å². The van der Waals surface area contributed by atoms with Gasteiger partial charge in [0.05, 0.1) is 12.3 Å². The lowest BCUT2D eigenvalue weighted by atomic mass is 10.1. The maximum absolute atomic E-state index is 14.0. The number of carboxylic acids is 1. The largest absolute Gasteiger partial charge is 0.480 e. The van der Waals surface area contributed by atoms with Crippen LogP contribution in [0.2, 0.25) is 0 Å². The highest BCUT2D eigenvalue weighted by molar-refractivity contribution is 7.52. The van der Waals surface area contributed by atoms with Gasteiger partial charge in [0.1, 0.15) is 29.7 Å². The number of aliphatic carboxylic acids is 1. The molecule has 2 aromatic carbocycles. The second kappa shape index (κ2) is 9.75. The molecule has 2 fully saturated rings. The number of nitrogens with one attached hydrogen (secondary N) is 2. The molecule has 202 valence electrons.